The molecule has 176 valence electrons. The standard InChI is InChI=1S/C26H27N3O5/c1-17-7-5-6-8-20(17)16-34-21-11-9-19(10-12-21)18(2)28-29-26(31)25(30)27-23-14-13-22(32-3)15-24(23)33-4/h5-15H,16H2,1-4H3,(H,27,30)(H,29,31)/b28-18+. The van der Waals surface area contributed by atoms with Gasteiger partial charge in [-0.1, -0.05) is 24.3 Å². The van der Waals surface area contributed by atoms with Crippen molar-refractivity contribution in [3.8, 4) is 17.2 Å². The van der Waals surface area contributed by atoms with Crippen molar-refractivity contribution in [1.82, 2.24) is 5.43 Å². The highest BCUT2D eigenvalue weighted by Gasteiger charge is 2.16. The number of aryl methyl sites for hydroxylation is 1. The second kappa shape index (κ2) is 11.5. The molecule has 2 amide bonds. The number of amides is 2. The Balaban J connectivity index is 1.56. The molecule has 0 atom stereocenters. The molecule has 0 radical (unpaired) electrons. The van der Waals surface area contributed by atoms with Crippen molar-refractivity contribution >= 4 is 23.2 Å². The van der Waals surface area contributed by atoms with Gasteiger partial charge in [-0.2, -0.15) is 5.10 Å². The number of benzene rings is 3. The Labute approximate surface area is 198 Å². The van der Waals surface area contributed by atoms with Crippen LogP contribution in [0.25, 0.3) is 0 Å². The van der Waals surface area contributed by atoms with Crippen LogP contribution in [-0.4, -0.2) is 31.7 Å². The average Bonchev–Trinajstić information content (AvgIpc) is 2.87. The number of carbonyl (C=O) groups excluding carboxylic acids is 2. The molecule has 0 aromatic heterocycles. The fourth-order valence-electron chi connectivity index (χ4n) is 3.06. The zero-order valence-corrected chi connectivity index (χ0v) is 19.5. The molecule has 8 heteroatoms. The van der Waals surface area contributed by atoms with E-state index >= 15 is 0 Å². The van der Waals surface area contributed by atoms with Crippen LogP contribution in [0.5, 0.6) is 17.2 Å². The summed E-state index contributed by atoms with van der Waals surface area (Å²) in [5.41, 5.74) is 6.22. The molecular weight excluding hydrogens is 434 g/mol. The number of hydrogen-bond acceptors (Lipinski definition) is 6. The molecule has 0 unspecified atom stereocenters. The lowest BCUT2D eigenvalue weighted by Crippen LogP contribution is -2.33. The minimum Gasteiger partial charge on any atom is -0.497 e. The van der Waals surface area contributed by atoms with Crippen LogP contribution in [0.3, 0.4) is 0 Å². The summed E-state index contributed by atoms with van der Waals surface area (Å²) in [5.74, 6) is -0.136. The average molecular weight is 462 g/mol. The lowest BCUT2D eigenvalue weighted by atomic mass is 10.1. The third-order valence-corrected chi connectivity index (χ3v) is 5.12. The number of hydrogen-bond donors (Lipinski definition) is 2. The molecule has 0 saturated heterocycles. The second-order valence-electron chi connectivity index (χ2n) is 7.40. The molecular formula is C26H27N3O5. The Hall–Kier alpha value is -4.33. The van der Waals surface area contributed by atoms with Gasteiger partial charge in [-0.3, -0.25) is 9.59 Å². The van der Waals surface area contributed by atoms with Gasteiger partial charge in [0.15, 0.2) is 0 Å². The van der Waals surface area contributed by atoms with E-state index in [2.05, 4.69) is 15.8 Å². The second-order valence-corrected chi connectivity index (χ2v) is 7.40. The zero-order valence-electron chi connectivity index (χ0n) is 19.5. The molecule has 2 N–H and O–H groups in total. The normalized spacial score (nSPS) is 10.9. The van der Waals surface area contributed by atoms with Gasteiger partial charge in [-0.25, -0.2) is 5.43 Å². The molecule has 0 aliphatic heterocycles. The molecule has 0 fully saturated rings. The van der Waals surface area contributed by atoms with E-state index in [9.17, 15) is 9.59 Å². The van der Waals surface area contributed by atoms with E-state index in [-0.39, 0.29) is 0 Å². The fourth-order valence-corrected chi connectivity index (χ4v) is 3.06. The number of nitrogens with zero attached hydrogens (tertiary/aromatic N) is 1. The molecule has 0 bridgehead atoms. The first-order chi connectivity index (χ1) is 16.4. The summed E-state index contributed by atoms with van der Waals surface area (Å²) in [7, 11) is 2.98. The lowest BCUT2D eigenvalue weighted by Gasteiger charge is -2.11. The summed E-state index contributed by atoms with van der Waals surface area (Å²) in [6.45, 7) is 4.25. The highest BCUT2D eigenvalue weighted by Crippen LogP contribution is 2.28. The summed E-state index contributed by atoms with van der Waals surface area (Å²) in [6.07, 6.45) is 0. The summed E-state index contributed by atoms with van der Waals surface area (Å²) in [4.78, 5) is 24.4. The highest BCUT2D eigenvalue weighted by molar-refractivity contribution is 6.39. The SMILES string of the molecule is COc1ccc(NC(=O)C(=O)N/N=C(\C)c2ccc(OCc3ccccc3C)cc2)c(OC)c1. The van der Waals surface area contributed by atoms with Crippen molar-refractivity contribution in [2.75, 3.05) is 19.5 Å². The van der Waals surface area contributed by atoms with Crippen LogP contribution in [-0.2, 0) is 16.2 Å². The molecule has 0 heterocycles. The van der Waals surface area contributed by atoms with E-state index in [0.29, 0.717) is 29.5 Å². The maximum absolute atomic E-state index is 12.2. The Morgan fingerprint density at radius 1 is 0.882 bits per heavy atom. The molecule has 0 saturated carbocycles. The van der Waals surface area contributed by atoms with Gasteiger partial charge in [-0.05, 0) is 66.9 Å². The van der Waals surface area contributed by atoms with Gasteiger partial charge in [-0.15, -0.1) is 0 Å². The highest BCUT2D eigenvalue weighted by atomic mass is 16.5. The van der Waals surface area contributed by atoms with Gasteiger partial charge in [0.25, 0.3) is 0 Å². The van der Waals surface area contributed by atoms with Crippen molar-refractivity contribution in [2.24, 2.45) is 5.10 Å². The predicted octanol–water partition coefficient (Wildman–Crippen LogP) is 4.07. The van der Waals surface area contributed by atoms with Crippen LogP contribution < -0.4 is 25.0 Å². The summed E-state index contributed by atoms with van der Waals surface area (Å²) in [6, 6.07) is 20.2. The summed E-state index contributed by atoms with van der Waals surface area (Å²) in [5, 5.41) is 6.52. The Kier molecular flexibility index (Phi) is 8.23. The van der Waals surface area contributed by atoms with Crippen molar-refractivity contribution in [3.63, 3.8) is 0 Å². The molecule has 34 heavy (non-hydrogen) atoms. The number of methoxy groups -OCH3 is 2. The smallest absolute Gasteiger partial charge is 0.329 e. The first-order valence-corrected chi connectivity index (χ1v) is 10.6. The Morgan fingerprint density at radius 3 is 2.26 bits per heavy atom. The maximum Gasteiger partial charge on any atom is 0.329 e. The van der Waals surface area contributed by atoms with Gasteiger partial charge in [0.05, 0.1) is 25.6 Å². The molecule has 8 nitrogen and oxygen atoms in total. The van der Waals surface area contributed by atoms with Crippen molar-refractivity contribution in [3.05, 3.63) is 83.4 Å². The van der Waals surface area contributed by atoms with Crippen LogP contribution in [0.1, 0.15) is 23.6 Å². The van der Waals surface area contributed by atoms with Gasteiger partial charge in [0.1, 0.15) is 23.9 Å². The molecule has 0 spiro atoms. The molecule has 3 rings (SSSR count). The predicted molar refractivity (Wildman–Crippen MR) is 130 cm³/mol. The molecule has 3 aromatic carbocycles. The number of ether oxygens (including phenoxy) is 3. The van der Waals surface area contributed by atoms with E-state index in [4.69, 9.17) is 14.2 Å². The Morgan fingerprint density at radius 2 is 1.59 bits per heavy atom. The fraction of sp³-hybridized carbons (Fsp3) is 0.192. The lowest BCUT2D eigenvalue weighted by molar-refractivity contribution is -0.136. The first-order valence-electron chi connectivity index (χ1n) is 10.6. The number of carbonyl (C=O) groups is 2. The van der Waals surface area contributed by atoms with E-state index in [1.54, 1.807) is 25.1 Å². The van der Waals surface area contributed by atoms with Gasteiger partial charge in [0, 0.05) is 6.07 Å². The van der Waals surface area contributed by atoms with E-state index in [1.165, 1.54) is 19.8 Å². The van der Waals surface area contributed by atoms with Gasteiger partial charge < -0.3 is 19.5 Å². The maximum atomic E-state index is 12.2. The zero-order chi connectivity index (χ0) is 24.5. The van der Waals surface area contributed by atoms with Crippen LogP contribution in [0.2, 0.25) is 0 Å². The molecule has 0 aliphatic rings. The van der Waals surface area contributed by atoms with Crippen molar-refractivity contribution in [1.29, 1.82) is 0 Å². The molecule has 0 aliphatic carbocycles. The minimum absolute atomic E-state index is 0.338. The number of hydrazone groups is 1. The topological polar surface area (TPSA) is 98.2 Å². The largest absolute Gasteiger partial charge is 0.497 e. The first kappa shape index (κ1) is 24.3. The van der Waals surface area contributed by atoms with Crippen LogP contribution in [0, 0.1) is 6.92 Å². The number of nitrogens with one attached hydrogen (secondary N) is 2. The number of rotatable bonds is 8. The third kappa shape index (κ3) is 6.35. The van der Waals surface area contributed by atoms with Crippen LogP contribution >= 0.6 is 0 Å². The Bertz CT molecular complexity index is 1190. The van der Waals surface area contributed by atoms with E-state index < -0.39 is 11.8 Å². The van der Waals surface area contributed by atoms with Gasteiger partial charge >= 0.3 is 11.8 Å². The van der Waals surface area contributed by atoms with E-state index in [0.717, 1.165) is 16.9 Å². The monoisotopic (exact) mass is 461 g/mol. The third-order valence-electron chi connectivity index (χ3n) is 5.12. The number of anilines is 1. The van der Waals surface area contributed by atoms with Crippen molar-refractivity contribution < 1.29 is 23.8 Å². The van der Waals surface area contributed by atoms with E-state index in [1.807, 2.05) is 55.5 Å². The quantitative estimate of drug-likeness (QED) is 0.299. The molecule has 3 aromatic rings. The van der Waals surface area contributed by atoms with Crippen LogP contribution in [0.15, 0.2) is 71.8 Å². The summed E-state index contributed by atoms with van der Waals surface area (Å²) >= 11 is 0. The minimum atomic E-state index is -0.907. The van der Waals surface area contributed by atoms with Gasteiger partial charge in [0.2, 0.25) is 0 Å². The van der Waals surface area contributed by atoms with Crippen LogP contribution in [0.4, 0.5) is 5.69 Å². The summed E-state index contributed by atoms with van der Waals surface area (Å²) < 4.78 is 16.2. The van der Waals surface area contributed by atoms with Crippen molar-refractivity contribution in [2.45, 2.75) is 20.5 Å².